The Morgan fingerprint density at radius 2 is 1.81 bits per heavy atom. The molecule has 0 aromatic carbocycles. The average molecular weight is 226 g/mol. The first-order valence-corrected chi connectivity index (χ1v) is 6.28. The van der Waals surface area contributed by atoms with E-state index in [-0.39, 0.29) is 28.7 Å². The molecule has 3 heteroatoms. The van der Waals surface area contributed by atoms with Gasteiger partial charge < -0.3 is 11.1 Å². The van der Waals surface area contributed by atoms with Crippen LogP contribution in [-0.4, -0.2) is 18.5 Å². The Balaban J connectivity index is 2.33. The monoisotopic (exact) mass is 226 g/mol. The molecule has 1 fully saturated rings. The lowest BCUT2D eigenvalue weighted by Gasteiger charge is -2.10. The molecule has 0 aromatic rings. The van der Waals surface area contributed by atoms with E-state index >= 15 is 0 Å². The van der Waals surface area contributed by atoms with Crippen molar-refractivity contribution in [2.75, 3.05) is 6.54 Å². The summed E-state index contributed by atoms with van der Waals surface area (Å²) in [4.78, 5) is 12.0. The predicted octanol–water partition coefficient (Wildman–Crippen LogP) is 1.91. The third kappa shape index (κ3) is 2.24. The highest BCUT2D eigenvalue weighted by molar-refractivity contribution is 5.84. The maximum Gasteiger partial charge on any atom is 0.224 e. The van der Waals surface area contributed by atoms with Gasteiger partial charge in [0.15, 0.2) is 0 Å². The first-order valence-electron chi connectivity index (χ1n) is 6.28. The number of hydrogen-bond acceptors (Lipinski definition) is 2. The average Bonchev–Trinajstić information content (AvgIpc) is 2.57. The quantitative estimate of drug-likeness (QED) is 0.752. The molecule has 16 heavy (non-hydrogen) atoms. The van der Waals surface area contributed by atoms with Gasteiger partial charge in [-0.1, -0.05) is 34.6 Å². The molecule has 3 nitrogen and oxygen atoms in total. The lowest BCUT2D eigenvalue weighted by molar-refractivity contribution is -0.123. The molecule has 1 atom stereocenters. The molecule has 1 aliphatic carbocycles. The zero-order valence-corrected chi connectivity index (χ0v) is 11.3. The number of nitrogens with two attached hydrogens (primary N) is 1. The molecule has 0 spiro atoms. The van der Waals surface area contributed by atoms with E-state index in [4.69, 9.17) is 5.73 Å². The number of nitrogens with one attached hydrogen (secondary N) is 1. The molecule has 1 rings (SSSR count). The maximum atomic E-state index is 12.0. The van der Waals surface area contributed by atoms with Gasteiger partial charge in [-0.2, -0.15) is 0 Å². The molecule has 94 valence electrons. The van der Waals surface area contributed by atoms with E-state index in [9.17, 15) is 4.79 Å². The summed E-state index contributed by atoms with van der Waals surface area (Å²) in [6.07, 6.45) is 1.84. The SMILES string of the molecule is CCC(N)CCNC(=O)C1C(C)(C)C1(C)C. The largest absolute Gasteiger partial charge is 0.356 e. The summed E-state index contributed by atoms with van der Waals surface area (Å²) in [6.45, 7) is 11.4. The molecule has 0 heterocycles. The molecule has 0 aromatic heterocycles. The smallest absolute Gasteiger partial charge is 0.224 e. The minimum Gasteiger partial charge on any atom is -0.356 e. The van der Waals surface area contributed by atoms with Gasteiger partial charge in [0, 0.05) is 18.5 Å². The van der Waals surface area contributed by atoms with Crippen molar-refractivity contribution in [1.82, 2.24) is 5.32 Å². The van der Waals surface area contributed by atoms with Crippen molar-refractivity contribution < 1.29 is 4.79 Å². The molecule has 3 N–H and O–H groups in total. The van der Waals surface area contributed by atoms with Crippen molar-refractivity contribution in [3.8, 4) is 0 Å². The number of hydrogen-bond donors (Lipinski definition) is 2. The van der Waals surface area contributed by atoms with Crippen LogP contribution in [0.2, 0.25) is 0 Å². The third-order valence-electron chi connectivity index (χ3n) is 4.62. The van der Waals surface area contributed by atoms with Gasteiger partial charge in [-0.05, 0) is 23.7 Å². The first kappa shape index (κ1) is 13.5. The predicted molar refractivity (Wildman–Crippen MR) is 66.9 cm³/mol. The fraction of sp³-hybridized carbons (Fsp3) is 0.923. The van der Waals surface area contributed by atoms with Crippen LogP contribution < -0.4 is 11.1 Å². The summed E-state index contributed by atoms with van der Waals surface area (Å²) < 4.78 is 0. The Kier molecular flexibility index (Phi) is 3.68. The van der Waals surface area contributed by atoms with Gasteiger partial charge in [0.25, 0.3) is 0 Å². The summed E-state index contributed by atoms with van der Waals surface area (Å²) >= 11 is 0. The molecule has 0 saturated heterocycles. The minimum absolute atomic E-state index is 0.129. The van der Waals surface area contributed by atoms with Gasteiger partial charge >= 0.3 is 0 Å². The van der Waals surface area contributed by atoms with Crippen molar-refractivity contribution in [1.29, 1.82) is 0 Å². The summed E-state index contributed by atoms with van der Waals surface area (Å²) in [6, 6.07) is 0.209. The standard InChI is InChI=1S/C13H26N2O/c1-6-9(14)7-8-15-11(16)10-12(2,3)13(10,4)5/h9-10H,6-8,14H2,1-5H3,(H,15,16). The van der Waals surface area contributed by atoms with Gasteiger partial charge in [0.1, 0.15) is 0 Å². The van der Waals surface area contributed by atoms with Crippen LogP contribution >= 0.6 is 0 Å². The van der Waals surface area contributed by atoms with E-state index < -0.39 is 0 Å². The van der Waals surface area contributed by atoms with Gasteiger partial charge in [0.05, 0.1) is 0 Å². The van der Waals surface area contributed by atoms with Crippen LogP contribution in [0.4, 0.5) is 0 Å². The Labute approximate surface area is 99.2 Å². The van der Waals surface area contributed by atoms with Crippen molar-refractivity contribution in [3.05, 3.63) is 0 Å². The molecule has 0 bridgehead atoms. The van der Waals surface area contributed by atoms with E-state index in [2.05, 4.69) is 39.9 Å². The highest BCUT2D eigenvalue weighted by atomic mass is 16.2. The molecule has 1 amide bonds. The molecule has 1 saturated carbocycles. The number of carbonyl (C=O) groups excluding carboxylic acids is 1. The van der Waals surface area contributed by atoms with Crippen LogP contribution in [-0.2, 0) is 4.79 Å². The van der Waals surface area contributed by atoms with Crippen LogP contribution in [0.3, 0.4) is 0 Å². The molecular formula is C13H26N2O. The second kappa shape index (κ2) is 4.36. The zero-order chi connectivity index (χ0) is 12.6. The van der Waals surface area contributed by atoms with Crippen molar-refractivity contribution in [3.63, 3.8) is 0 Å². The van der Waals surface area contributed by atoms with Crippen molar-refractivity contribution in [2.24, 2.45) is 22.5 Å². The lowest BCUT2D eigenvalue weighted by Crippen LogP contribution is -2.32. The normalized spacial score (nSPS) is 23.9. The van der Waals surface area contributed by atoms with Crippen LogP contribution in [0.1, 0.15) is 47.5 Å². The summed E-state index contributed by atoms with van der Waals surface area (Å²) in [7, 11) is 0. The van der Waals surface area contributed by atoms with Gasteiger partial charge in [-0.3, -0.25) is 4.79 Å². The molecule has 0 radical (unpaired) electrons. The van der Waals surface area contributed by atoms with Gasteiger partial charge in [-0.25, -0.2) is 0 Å². The van der Waals surface area contributed by atoms with E-state index in [0.29, 0.717) is 6.54 Å². The fourth-order valence-corrected chi connectivity index (χ4v) is 2.54. The molecule has 1 aliphatic rings. The highest BCUT2D eigenvalue weighted by Gasteiger charge is 2.68. The van der Waals surface area contributed by atoms with E-state index in [1.807, 2.05) is 0 Å². The number of rotatable bonds is 5. The summed E-state index contributed by atoms with van der Waals surface area (Å²) in [5.74, 6) is 0.344. The molecular weight excluding hydrogens is 200 g/mol. The molecule has 1 unspecified atom stereocenters. The zero-order valence-electron chi connectivity index (χ0n) is 11.3. The van der Waals surface area contributed by atoms with Crippen LogP contribution in [0, 0.1) is 16.7 Å². The molecule has 0 aliphatic heterocycles. The Bertz CT molecular complexity index is 257. The summed E-state index contributed by atoms with van der Waals surface area (Å²) in [5, 5.41) is 3.00. The topological polar surface area (TPSA) is 55.1 Å². The van der Waals surface area contributed by atoms with E-state index in [1.165, 1.54) is 0 Å². The Morgan fingerprint density at radius 3 is 2.19 bits per heavy atom. The number of amides is 1. The van der Waals surface area contributed by atoms with E-state index in [1.54, 1.807) is 0 Å². The van der Waals surface area contributed by atoms with Crippen LogP contribution in [0.5, 0.6) is 0 Å². The number of carbonyl (C=O) groups is 1. The fourth-order valence-electron chi connectivity index (χ4n) is 2.54. The van der Waals surface area contributed by atoms with Crippen LogP contribution in [0.25, 0.3) is 0 Å². The first-order chi connectivity index (χ1) is 7.25. The van der Waals surface area contributed by atoms with Crippen molar-refractivity contribution >= 4 is 5.91 Å². The Hall–Kier alpha value is -0.570. The highest BCUT2D eigenvalue weighted by Crippen LogP contribution is 2.68. The second-order valence-electron chi connectivity index (χ2n) is 6.12. The summed E-state index contributed by atoms with van der Waals surface area (Å²) in [5.41, 5.74) is 6.06. The van der Waals surface area contributed by atoms with Crippen molar-refractivity contribution in [2.45, 2.75) is 53.5 Å². The van der Waals surface area contributed by atoms with E-state index in [0.717, 1.165) is 12.8 Å². The minimum atomic E-state index is 0.129. The second-order valence-corrected chi connectivity index (χ2v) is 6.12. The van der Waals surface area contributed by atoms with Crippen LogP contribution in [0.15, 0.2) is 0 Å². The van der Waals surface area contributed by atoms with Gasteiger partial charge in [-0.15, -0.1) is 0 Å². The van der Waals surface area contributed by atoms with Gasteiger partial charge in [0.2, 0.25) is 5.91 Å². The maximum absolute atomic E-state index is 12.0. The lowest BCUT2D eigenvalue weighted by atomic mass is 10.0. The Morgan fingerprint density at radius 1 is 1.31 bits per heavy atom. The third-order valence-corrected chi connectivity index (χ3v) is 4.62.